The number of anilines is 4. The molecule has 0 bridgehead atoms. The summed E-state index contributed by atoms with van der Waals surface area (Å²) in [6, 6.07) is 12.9. The Morgan fingerprint density at radius 1 is 1.06 bits per heavy atom. The Kier molecular flexibility index (Phi) is 8.80. The van der Waals surface area contributed by atoms with E-state index in [4.69, 9.17) is 16.8 Å². The molecule has 0 spiro atoms. The van der Waals surface area contributed by atoms with Crippen LogP contribution in [0.4, 0.5) is 23.1 Å². The Hall–Kier alpha value is -3.74. The van der Waals surface area contributed by atoms with E-state index >= 15 is 0 Å². The molecule has 0 aliphatic carbocycles. The van der Waals surface area contributed by atoms with Crippen LogP contribution in [0.5, 0.6) is 0 Å². The van der Waals surface area contributed by atoms with Crippen LogP contribution in [0.15, 0.2) is 59.6 Å². The number of carbonyl (C=O) groups excluding carboxylic acids is 2. The van der Waals surface area contributed by atoms with E-state index in [9.17, 15) is 18.0 Å². The predicted octanol–water partition coefficient (Wildman–Crippen LogP) is 3.42. The summed E-state index contributed by atoms with van der Waals surface area (Å²) in [4.78, 5) is 31.8. The molecule has 190 valence electrons. The number of sulfone groups is 1. The second-order valence-corrected chi connectivity index (χ2v) is 10.7. The summed E-state index contributed by atoms with van der Waals surface area (Å²) in [5, 5.41) is 16.6. The molecule has 2 aromatic carbocycles. The third kappa shape index (κ3) is 6.68. The molecule has 1 heterocycles. The molecule has 0 aliphatic heterocycles. The second-order valence-electron chi connectivity index (χ2n) is 7.85. The van der Waals surface area contributed by atoms with Crippen LogP contribution in [-0.4, -0.2) is 47.2 Å². The van der Waals surface area contributed by atoms with Crippen molar-refractivity contribution in [1.82, 2.24) is 20.8 Å². The van der Waals surface area contributed by atoms with Crippen LogP contribution < -0.4 is 21.4 Å². The van der Waals surface area contributed by atoms with E-state index in [1.54, 1.807) is 56.3 Å². The Bertz CT molecular complexity index is 1350. The van der Waals surface area contributed by atoms with Crippen molar-refractivity contribution in [3.05, 3.63) is 65.3 Å². The molecular weight excluding hydrogens is 508 g/mol. The Labute approximate surface area is 213 Å². The fourth-order valence-corrected chi connectivity index (χ4v) is 4.34. The molecule has 0 saturated heterocycles. The number of halogens is 1. The minimum absolute atomic E-state index is 0.0555. The van der Waals surface area contributed by atoms with E-state index in [1.807, 2.05) is 0 Å². The van der Waals surface area contributed by atoms with E-state index in [1.165, 1.54) is 17.7 Å². The molecule has 0 aliphatic rings. The van der Waals surface area contributed by atoms with Gasteiger partial charge in [0.05, 0.1) is 22.0 Å². The molecule has 5 N–H and O–H groups in total. The van der Waals surface area contributed by atoms with Gasteiger partial charge >= 0.3 is 0 Å². The number of hydrogen-bond acceptors (Lipinski definition) is 9. The zero-order valence-electron chi connectivity index (χ0n) is 19.4. The molecule has 3 rings (SSSR count). The Morgan fingerprint density at radius 2 is 1.75 bits per heavy atom. The van der Waals surface area contributed by atoms with Crippen LogP contribution in [0.1, 0.15) is 30.6 Å². The number of nitrogens with one attached hydrogen (secondary N) is 4. The van der Waals surface area contributed by atoms with Gasteiger partial charge < -0.3 is 16.0 Å². The maximum Gasteiger partial charge on any atom is 0.251 e. The lowest BCUT2D eigenvalue weighted by Crippen LogP contribution is -2.29. The van der Waals surface area contributed by atoms with Crippen molar-refractivity contribution in [1.29, 1.82) is 0 Å². The lowest BCUT2D eigenvalue weighted by molar-refractivity contribution is -0.129. The normalized spacial score (nSPS) is 11.1. The molecule has 0 fully saturated rings. The SMILES string of the molecule is CC(C)S(=O)(=O)c1ccccc1Nc1nc(Nc2ccc(C(=O)NCCC(=O)NO)cc2)ncc1Cl. The van der Waals surface area contributed by atoms with Gasteiger partial charge in [0, 0.05) is 24.2 Å². The van der Waals surface area contributed by atoms with Gasteiger partial charge in [-0.05, 0) is 50.2 Å². The van der Waals surface area contributed by atoms with Crippen molar-refractivity contribution < 1.29 is 23.2 Å². The first kappa shape index (κ1) is 26.9. The van der Waals surface area contributed by atoms with Crippen molar-refractivity contribution in [2.24, 2.45) is 0 Å². The maximum absolute atomic E-state index is 12.7. The first-order chi connectivity index (χ1) is 17.1. The van der Waals surface area contributed by atoms with E-state index in [2.05, 4.69) is 25.9 Å². The number of hydroxylamine groups is 1. The zero-order valence-corrected chi connectivity index (χ0v) is 21.0. The largest absolute Gasteiger partial charge is 0.352 e. The summed E-state index contributed by atoms with van der Waals surface area (Å²) in [5.74, 6) is -0.574. The number of amides is 2. The quantitative estimate of drug-likeness (QED) is 0.194. The molecule has 0 saturated carbocycles. The third-order valence-corrected chi connectivity index (χ3v) is 7.46. The highest BCUT2D eigenvalue weighted by atomic mass is 35.5. The van der Waals surface area contributed by atoms with Crippen LogP contribution in [0.3, 0.4) is 0 Å². The summed E-state index contributed by atoms with van der Waals surface area (Å²) in [5.41, 5.74) is 2.78. The second kappa shape index (κ2) is 11.8. The van der Waals surface area contributed by atoms with E-state index in [0.29, 0.717) is 16.9 Å². The summed E-state index contributed by atoms with van der Waals surface area (Å²) < 4.78 is 25.5. The molecule has 13 heteroatoms. The van der Waals surface area contributed by atoms with Crippen LogP contribution in [0.2, 0.25) is 5.02 Å². The zero-order chi connectivity index (χ0) is 26.3. The number of aromatic nitrogens is 2. The van der Waals surface area contributed by atoms with Crippen LogP contribution >= 0.6 is 11.6 Å². The molecule has 11 nitrogen and oxygen atoms in total. The van der Waals surface area contributed by atoms with Crippen molar-refractivity contribution >= 4 is 56.4 Å². The van der Waals surface area contributed by atoms with Gasteiger partial charge in [0.15, 0.2) is 15.7 Å². The van der Waals surface area contributed by atoms with Gasteiger partial charge in [-0.15, -0.1) is 0 Å². The smallest absolute Gasteiger partial charge is 0.251 e. The van der Waals surface area contributed by atoms with Gasteiger partial charge in [0.1, 0.15) is 5.02 Å². The van der Waals surface area contributed by atoms with Crippen molar-refractivity contribution in [2.75, 3.05) is 17.2 Å². The van der Waals surface area contributed by atoms with E-state index in [0.717, 1.165) is 0 Å². The number of carbonyl (C=O) groups is 2. The molecule has 0 atom stereocenters. The first-order valence-corrected chi connectivity index (χ1v) is 12.7. The van der Waals surface area contributed by atoms with Gasteiger partial charge in [-0.3, -0.25) is 14.8 Å². The number of rotatable bonds is 10. The maximum atomic E-state index is 12.7. The Balaban J connectivity index is 1.73. The highest BCUT2D eigenvalue weighted by Gasteiger charge is 2.23. The summed E-state index contributed by atoms with van der Waals surface area (Å²) in [6.45, 7) is 3.29. The number of nitrogens with zero attached hydrogens (tertiary/aromatic N) is 2. The van der Waals surface area contributed by atoms with Crippen LogP contribution in [0, 0.1) is 0 Å². The molecule has 0 unspecified atom stereocenters. The van der Waals surface area contributed by atoms with Gasteiger partial charge in [0.25, 0.3) is 5.91 Å². The summed E-state index contributed by atoms with van der Waals surface area (Å²) >= 11 is 6.26. The predicted molar refractivity (Wildman–Crippen MR) is 136 cm³/mol. The molecule has 1 aromatic heterocycles. The Morgan fingerprint density at radius 3 is 2.42 bits per heavy atom. The highest BCUT2D eigenvalue weighted by Crippen LogP contribution is 2.30. The minimum Gasteiger partial charge on any atom is -0.352 e. The highest BCUT2D eigenvalue weighted by molar-refractivity contribution is 7.92. The van der Waals surface area contributed by atoms with Gasteiger partial charge in [-0.1, -0.05) is 23.7 Å². The lowest BCUT2D eigenvalue weighted by Gasteiger charge is -2.15. The lowest BCUT2D eigenvalue weighted by atomic mass is 10.2. The molecule has 36 heavy (non-hydrogen) atoms. The fraction of sp³-hybridized carbons (Fsp3) is 0.217. The molecule has 0 radical (unpaired) electrons. The topological polar surface area (TPSA) is 162 Å². The molecule has 3 aromatic rings. The van der Waals surface area contributed by atoms with Crippen LogP contribution in [0.25, 0.3) is 0 Å². The standard InChI is InChI=1S/C23H25ClN6O5S/c1-14(2)36(34,35)19-6-4-3-5-18(19)28-21-17(24)13-26-23(29-21)27-16-9-7-15(8-10-16)22(32)25-12-11-20(31)30-33/h3-10,13-14,33H,11-12H2,1-2H3,(H,25,32)(H,30,31)(H2,26,27,28,29). The molecule has 2 amide bonds. The van der Waals surface area contributed by atoms with Crippen LogP contribution in [-0.2, 0) is 14.6 Å². The number of benzene rings is 2. The van der Waals surface area contributed by atoms with Crippen molar-refractivity contribution in [2.45, 2.75) is 30.4 Å². The van der Waals surface area contributed by atoms with Crippen molar-refractivity contribution in [3.63, 3.8) is 0 Å². The summed E-state index contributed by atoms with van der Waals surface area (Å²) in [7, 11) is -3.55. The first-order valence-electron chi connectivity index (χ1n) is 10.8. The van der Waals surface area contributed by atoms with Crippen molar-refractivity contribution in [3.8, 4) is 0 Å². The average molecular weight is 533 g/mol. The number of para-hydroxylation sites is 1. The summed E-state index contributed by atoms with van der Waals surface area (Å²) in [6.07, 6.45) is 1.32. The third-order valence-electron chi connectivity index (χ3n) is 4.98. The minimum atomic E-state index is -3.55. The average Bonchev–Trinajstić information content (AvgIpc) is 2.86. The van der Waals surface area contributed by atoms with E-state index < -0.39 is 21.0 Å². The van der Waals surface area contributed by atoms with E-state index in [-0.39, 0.29) is 40.6 Å². The van der Waals surface area contributed by atoms with Gasteiger partial charge in [0.2, 0.25) is 11.9 Å². The fourth-order valence-electron chi connectivity index (χ4n) is 3.00. The number of hydrogen-bond donors (Lipinski definition) is 5. The monoisotopic (exact) mass is 532 g/mol. The van der Waals surface area contributed by atoms with Gasteiger partial charge in [-0.25, -0.2) is 18.9 Å². The molecular formula is C23H25ClN6O5S. The van der Waals surface area contributed by atoms with Gasteiger partial charge in [-0.2, -0.15) is 4.98 Å².